The predicted octanol–water partition coefficient (Wildman–Crippen LogP) is 2.95. The van der Waals surface area contributed by atoms with Gasteiger partial charge in [-0.05, 0) is 45.3 Å². The maximum Gasteiger partial charge on any atom is 0.273 e. The fourth-order valence-corrected chi connectivity index (χ4v) is 3.50. The van der Waals surface area contributed by atoms with Crippen LogP contribution in [0.4, 0.5) is 0 Å². The van der Waals surface area contributed by atoms with Gasteiger partial charge >= 0.3 is 0 Å². The number of aryl methyl sites for hydroxylation is 1. The minimum absolute atomic E-state index is 0. The number of hydrogen-bond acceptors (Lipinski definition) is 4. The second kappa shape index (κ2) is 8.85. The number of aromatic nitrogens is 3. The minimum atomic E-state index is -0.152. The van der Waals surface area contributed by atoms with Crippen LogP contribution in [0.3, 0.4) is 0 Å². The normalized spacial score (nSPS) is 15.3. The predicted molar refractivity (Wildman–Crippen MR) is 110 cm³/mol. The maximum absolute atomic E-state index is 12.7. The maximum atomic E-state index is 12.7. The van der Waals surface area contributed by atoms with Gasteiger partial charge in [0.05, 0.1) is 11.7 Å². The Labute approximate surface area is 167 Å². The number of halogens is 1. The van der Waals surface area contributed by atoms with Crippen LogP contribution in [0.5, 0.6) is 0 Å². The first kappa shape index (κ1) is 21.4. The Balaban J connectivity index is 0.00000261. The van der Waals surface area contributed by atoms with E-state index in [2.05, 4.69) is 66.0 Å². The molecule has 0 bridgehead atoms. The van der Waals surface area contributed by atoms with Gasteiger partial charge in [-0.15, -0.1) is 17.5 Å². The van der Waals surface area contributed by atoms with E-state index >= 15 is 0 Å². The van der Waals surface area contributed by atoms with Crippen LogP contribution in [0.2, 0.25) is 0 Å². The van der Waals surface area contributed by atoms with Crippen LogP contribution in [-0.2, 0) is 5.41 Å². The van der Waals surface area contributed by atoms with Crippen molar-refractivity contribution in [3.63, 3.8) is 0 Å². The van der Waals surface area contributed by atoms with Crippen molar-refractivity contribution in [2.24, 2.45) is 0 Å². The average molecular weight is 392 g/mol. The van der Waals surface area contributed by atoms with Gasteiger partial charge < -0.3 is 10.6 Å². The first-order valence-electron chi connectivity index (χ1n) is 9.36. The van der Waals surface area contributed by atoms with Crippen LogP contribution in [0.25, 0.3) is 0 Å². The quantitative estimate of drug-likeness (QED) is 0.821. The van der Waals surface area contributed by atoms with Crippen molar-refractivity contribution in [2.75, 3.05) is 19.6 Å². The molecule has 0 radical (unpaired) electrons. The summed E-state index contributed by atoms with van der Waals surface area (Å²) in [7, 11) is 0. The van der Waals surface area contributed by atoms with Crippen molar-refractivity contribution in [1.82, 2.24) is 25.6 Å². The third-order valence-electron chi connectivity index (χ3n) is 5.29. The van der Waals surface area contributed by atoms with E-state index in [4.69, 9.17) is 0 Å². The van der Waals surface area contributed by atoms with Gasteiger partial charge in [-0.1, -0.05) is 48.9 Å². The third-order valence-corrected chi connectivity index (χ3v) is 5.29. The Bertz CT molecular complexity index is 780. The molecule has 6 nitrogen and oxygen atoms in total. The summed E-state index contributed by atoms with van der Waals surface area (Å²) in [6.45, 7) is 10.8. The fourth-order valence-electron chi connectivity index (χ4n) is 3.50. The number of benzene rings is 1. The van der Waals surface area contributed by atoms with Crippen molar-refractivity contribution in [3.05, 3.63) is 46.8 Å². The molecule has 2 N–H and O–H groups in total. The summed E-state index contributed by atoms with van der Waals surface area (Å²) >= 11 is 0. The van der Waals surface area contributed by atoms with Crippen molar-refractivity contribution < 1.29 is 4.79 Å². The fraction of sp³-hybridized carbons (Fsp3) is 0.550. The molecule has 2 heterocycles. The summed E-state index contributed by atoms with van der Waals surface area (Å²) < 4.78 is 1.92. The molecule has 2 aromatic rings. The zero-order valence-electron chi connectivity index (χ0n) is 16.6. The van der Waals surface area contributed by atoms with Crippen molar-refractivity contribution in [1.29, 1.82) is 0 Å². The molecule has 0 spiro atoms. The van der Waals surface area contributed by atoms with Crippen LogP contribution in [0.1, 0.15) is 60.0 Å². The number of rotatable bonds is 5. The number of nitrogens with one attached hydrogen (secondary N) is 2. The number of carbonyl (C=O) groups is 1. The molecule has 1 aromatic carbocycles. The average Bonchev–Trinajstić information content (AvgIpc) is 3.02. The van der Waals surface area contributed by atoms with Crippen LogP contribution in [-0.4, -0.2) is 40.5 Å². The molecule has 0 saturated carbocycles. The smallest absolute Gasteiger partial charge is 0.273 e. The lowest BCUT2D eigenvalue weighted by molar-refractivity contribution is 0.0940. The highest BCUT2D eigenvalue weighted by molar-refractivity contribution is 5.93. The Morgan fingerprint density at radius 3 is 2.67 bits per heavy atom. The Hall–Kier alpha value is -1.92. The van der Waals surface area contributed by atoms with Gasteiger partial charge in [0.1, 0.15) is 0 Å². The second-order valence-corrected chi connectivity index (χ2v) is 7.89. The molecular weight excluding hydrogens is 362 g/mol. The van der Waals surface area contributed by atoms with Gasteiger partial charge in [0, 0.05) is 12.0 Å². The van der Waals surface area contributed by atoms with E-state index in [1.165, 1.54) is 11.1 Å². The minimum Gasteiger partial charge on any atom is -0.350 e. The highest BCUT2D eigenvalue weighted by Gasteiger charge is 2.25. The van der Waals surface area contributed by atoms with E-state index in [0.717, 1.165) is 31.6 Å². The molecule has 1 amide bonds. The molecule has 1 saturated heterocycles. The van der Waals surface area contributed by atoms with E-state index in [1.807, 2.05) is 11.6 Å². The van der Waals surface area contributed by atoms with Gasteiger partial charge in [0.15, 0.2) is 5.69 Å². The highest BCUT2D eigenvalue weighted by Crippen LogP contribution is 2.24. The third kappa shape index (κ3) is 4.87. The molecule has 0 unspecified atom stereocenters. The zero-order chi connectivity index (χ0) is 18.7. The van der Waals surface area contributed by atoms with E-state index in [1.54, 1.807) is 0 Å². The van der Waals surface area contributed by atoms with Crippen molar-refractivity contribution >= 4 is 18.3 Å². The van der Waals surface area contributed by atoms with Gasteiger partial charge in [-0.3, -0.25) is 4.79 Å². The number of hydrogen-bond donors (Lipinski definition) is 2. The molecule has 27 heavy (non-hydrogen) atoms. The van der Waals surface area contributed by atoms with Gasteiger partial charge in [-0.2, -0.15) is 0 Å². The summed E-state index contributed by atoms with van der Waals surface area (Å²) in [6.07, 6.45) is 2.04. The lowest BCUT2D eigenvalue weighted by Gasteiger charge is -2.26. The summed E-state index contributed by atoms with van der Waals surface area (Å²) in [5, 5.41) is 14.8. The standard InChI is InChI=1S/C20H29N5O.ClH/c1-14-6-5-7-16(12-14)20(3,4)13-22-19(26)18-15(2)25(24-23-18)17-8-10-21-11-9-17;/h5-7,12,17,21H,8-11,13H2,1-4H3,(H,22,26);1H. The second-order valence-electron chi connectivity index (χ2n) is 7.89. The summed E-state index contributed by atoms with van der Waals surface area (Å²) in [5.74, 6) is -0.150. The zero-order valence-corrected chi connectivity index (χ0v) is 17.4. The van der Waals surface area contributed by atoms with E-state index in [9.17, 15) is 4.79 Å². The topological polar surface area (TPSA) is 71.8 Å². The van der Waals surface area contributed by atoms with E-state index in [0.29, 0.717) is 18.3 Å². The van der Waals surface area contributed by atoms with Gasteiger partial charge in [-0.25, -0.2) is 4.68 Å². The largest absolute Gasteiger partial charge is 0.350 e. The first-order valence-corrected chi connectivity index (χ1v) is 9.36. The molecule has 1 aliphatic heterocycles. The Morgan fingerprint density at radius 2 is 2.00 bits per heavy atom. The molecule has 1 aliphatic rings. The van der Waals surface area contributed by atoms with Crippen molar-refractivity contribution in [2.45, 2.75) is 52.0 Å². The lowest BCUT2D eigenvalue weighted by atomic mass is 9.84. The van der Waals surface area contributed by atoms with Crippen LogP contribution < -0.4 is 10.6 Å². The highest BCUT2D eigenvalue weighted by atomic mass is 35.5. The molecule has 148 valence electrons. The molecule has 1 aromatic heterocycles. The SMILES string of the molecule is Cc1cccc(C(C)(C)CNC(=O)c2nnn(C3CCNCC3)c2C)c1.Cl. The molecule has 0 aliphatic carbocycles. The van der Waals surface area contributed by atoms with E-state index in [-0.39, 0.29) is 23.7 Å². The summed E-state index contributed by atoms with van der Waals surface area (Å²) in [5.41, 5.74) is 3.57. The van der Waals surface area contributed by atoms with Crippen molar-refractivity contribution in [3.8, 4) is 0 Å². The number of carbonyl (C=O) groups excluding carboxylic acids is 1. The summed E-state index contributed by atoms with van der Waals surface area (Å²) in [6, 6.07) is 8.75. The molecule has 0 atom stereocenters. The van der Waals surface area contributed by atoms with E-state index < -0.39 is 0 Å². The number of piperidine rings is 1. The Kier molecular flexibility index (Phi) is 7.00. The molecule has 3 rings (SSSR count). The van der Waals surface area contributed by atoms with Crippen LogP contribution in [0.15, 0.2) is 24.3 Å². The monoisotopic (exact) mass is 391 g/mol. The van der Waals surface area contributed by atoms with Gasteiger partial charge in [0.25, 0.3) is 5.91 Å². The molecule has 1 fully saturated rings. The summed E-state index contributed by atoms with van der Waals surface area (Å²) in [4.78, 5) is 12.7. The number of amides is 1. The molecule has 7 heteroatoms. The Morgan fingerprint density at radius 1 is 1.30 bits per heavy atom. The number of nitrogens with zero attached hydrogens (tertiary/aromatic N) is 3. The van der Waals surface area contributed by atoms with Crippen LogP contribution >= 0.6 is 12.4 Å². The molecular formula is C20H30ClN5O. The lowest BCUT2D eigenvalue weighted by Crippen LogP contribution is -2.37. The first-order chi connectivity index (χ1) is 12.4. The van der Waals surface area contributed by atoms with Gasteiger partial charge in [0.2, 0.25) is 0 Å². The van der Waals surface area contributed by atoms with Crippen LogP contribution in [0, 0.1) is 13.8 Å².